The number of fused-ring (bicyclic) bond motifs is 1. The first-order chi connectivity index (χ1) is 15.5. The minimum atomic E-state index is -0.392. The number of carbonyl (C=O) groups is 1. The van der Waals surface area contributed by atoms with E-state index >= 15 is 0 Å². The SMILES string of the molecule is C#CCOCCOc1cc(I)c(C)cc1N(C(=O)C#CCC)c1ccc2c(cnn2C)n1. The summed E-state index contributed by atoms with van der Waals surface area (Å²) in [6.07, 6.45) is 7.45. The fraction of sp³-hybridized carbons (Fsp3) is 0.292. The molecule has 164 valence electrons. The Hall–Kier alpha value is -3.08. The lowest BCUT2D eigenvalue weighted by Crippen LogP contribution is -2.26. The van der Waals surface area contributed by atoms with Crippen LogP contribution in [0.2, 0.25) is 0 Å². The molecule has 0 spiro atoms. The highest BCUT2D eigenvalue weighted by Gasteiger charge is 2.23. The first-order valence-corrected chi connectivity index (χ1v) is 11.1. The van der Waals surface area contributed by atoms with Crippen molar-refractivity contribution in [2.45, 2.75) is 20.3 Å². The number of aromatic nitrogens is 3. The molecule has 0 fully saturated rings. The highest BCUT2D eigenvalue weighted by Crippen LogP contribution is 2.37. The van der Waals surface area contributed by atoms with Crippen LogP contribution in [0.1, 0.15) is 18.9 Å². The average Bonchev–Trinajstić information content (AvgIpc) is 3.15. The van der Waals surface area contributed by atoms with Gasteiger partial charge < -0.3 is 9.47 Å². The predicted octanol–water partition coefficient (Wildman–Crippen LogP) is 3.99. The summed E-state index contributed by atoms with van der Waals surface area (Å²) in [7, 11) is 1.84. The molecule has 0 atom stereocenters. The normalized spacial score (nSPS) is 10.3. The molecule has 8 heteroatoms. The van der Waals surface area contributed by atoms with Crippen molar-refractivity contribution in [3.63, 3.8) is 0 Å². The zero-order valence-corrected chi connectivity index (χ0v) is 20.3. The van der Waals surface area contributed by atoms with Gasteiger partial charge >= 0.3 is 5.91 Å². The number of rotatable bonds is 7. The van der Waals surface area contributed by atoms with E-state index in [1.807, 2.05) is 39.1 Å². The zero-order chi connectivity index (χ0) is 23.1. The quantitative estimate of drug-likeness (QED) is 0.257. The minimum absolute atomic E-state index is 0.216. The van der Waals surface area contributed by atoms with Gasteiger partial charge in [-0.1, -0.05) is 18.8 Å². The fourth-order valence-corrected chi connectivity index (χ4v) is 3.43. The maximum Gasteiger partial charge on any atom is 0.308 e. The lowest BCUT2D eigenvalue weighted by Gasteiger charge is -2.23. The van der Waals surface area contributed by atoms with Crippen LogP contribution in [0.3, 0.4) is 0 Å². The van der Waals surface area contributed by atoms with E-state index in [-0.39, 0.29) is 13.2 Å². The summed E-state index contributed by atoms with van der Waals surface area (Å²) in [4.78, 5) is 19.3. The van der Waals surface area contributed by atoms with Gasteiger partial charge in [0.25, 0.3) is 0 Å². The second-order valence-electron chi connectivity index (χ2n) is 6.81. The van der Waals surface area contributed by atoms with Crippen molar-refractivity contribution in [3.8, 4) is 29.9 Å². The molecule has 0 unspecified atom stereocenters. The van der Waals surface area contributed by atoms with E-state index in [2.05, 4.69) is 50.4 Å². The number of halogens is 1. The number of hydrogen-bond donors (Lipinski definition) is 0. The molecule has 32 heavy (non-hydrogen) atoms. The molecule has 0 N–H and O–H groups in total. The molecule has 0 saturated heterocycles. The monoisotopic (exact) mass is 542 g/mol. The van der Waals surface area contributed by atoms with Crippen molar-refractivity contribution < 1.29 is 14.3 Å². The molecule has 0 aliphatic carbocycles. The van der Waals surface area contributed by atoms with Crippen LogP contribution < -0.4 is 9.64 Å². The molecule has 3 rings (SSSR count). The maximum absolute atomic E-state index is 13.2. The molecule has 0 radical (unpaired) electrons. The van der Waals surface area contributed by atoms with Crippen LogP contribution in [0.4, 0.5) is 11.5 Å². The van der Waals surface area contributed by atoms with E-state index < -0.39 is 5.91 Å². The van der Waals surface area contributed by atoms with E-state index in [1.54, 1.807) is 16.9 Å². The first-order valence-electron chi connectivity index (χ1n) is 10.0. The lowest BCUT2D eigenvalue weighted by atomic mass is 10.1. The summed E-state index contributed by atoms with van der Waals surface area (Å²) in [5.41, 5.74) is 3.10. The van der Waals surface area contributed by atoms with Crippen LogP contribution in [0.15, 0.2) is 30.5 Å². The van der Waals surface area contributed by atoms with Gasteiger partial charge in [0.1, 0.15) is 30.3 Å². The Morgan fingerprint density at radius 3 is 2.88 bits per heavy atom. The largest absolute Gasteiger partial charge is 0.489 e. The second-order valence-corrected chi connectivity index (χ2v) is 7.97. The van der Waals surface area contributed by atoms with Gasteiger partial charge in [-0.3, -0.25) is 9.48 Å². The number of ether oxygens (including phenoxy) is 2. The number of benzene rings is 1. The Morgan fingerprint density at radius 1 is 1.31 bits per heavy atom. The van der Waals surface area contributed by atoms with Crippen LogP contribution >= 0.6 is 22.6 Å². The number of nitrogens with zero attached hydrogens (tertiary/aromatic N) is 4. The molecule has 2 aromatic heterocycles. The van der Waals surface area contributed by atoms with Gasteiger partial charge in [-0.15, -0.1) is 6.42 Å². The van der Waals surface area contributed by atoms with Crippen molar-refractivity contribution in [3.05, 3.63) is 39.6 Å². The van der Waals surface area contributed by atoms with Crippen molar-refractivity contribution >= 4 is 51.0 Å². The van der Waals surface area contributed by atoms with Crippen LogP contribution in [0.5, 0.6) is 5.75 Å². The zero-order valence-electron chi connectivity index (χ0n) is 18.2. The Bertz CT molecular complexity index is 1230. The second kappa shape index (κ2) is 11.0. The van der Waals surface area contributed by atoms with Crippen LogP contribution in [-0.2, 0) is 16.6 Å². The number of terminal acetylenes is 1. The Balaban J connectivity index is 2.07. The first kappa shape index (κ1) is 23.6. The third-order valence-corrected chi connectivity index (χ3v) is 5.71. The van der Waals surface area contributed by atoms with Crippen molar-refractivity contribution in [2.75, 3.05) is 24.7 Å². The van der Waals surface area contributed by atoms with E-state index in [1.165, 1.54) is 4.90 Å². The summed E-state index contributed by atoms with van der Waals surface area (Å²) in [5, 5.41) is 4.24. The molecule has 0 aliphatic rings. The number of pyridine rings is 1. The van der Waals surface area contributed by atoms with Crippen molar-refractivity contribution in [2.24, 2.45) is 7.05 Å². The van der Waals surface area contributed by atoms with Crippen molar-refractivity contribution in [1.29, 1.82) is 0 Å². The third-order valence-electron chi connectivity index (χ3n) is 4.55. The summed E-state index contributed by atoms with van der Waals surface area (Å²) in [5.74, 6) is 8.56. The molecule has 1 amide bonds. The molecule has 0 bridgehead atoms. The maximum atomic E-state index is 13.2. The molecule has 2 heterocycles. The Kier molecular flexibility index (Phi) is 8.09. The van der Waals surface area contributed by atoms with Gasteiger partial charge in [0.2, 0.25) is 0 Å². The lowest BCUT2D eigenvalue weighted by molar-refractivity contribution is -0.112. The third kappa shape index (κ3) is 5.39. The van der Waals surface area contributed by atoms with Gasteiger partial charge in [-0.25, -0.2) is 9.88 Å². The summed E-state index contributed by atoms with van der Waals surface area (Å²) in [6, 6.07) is 7.46. The van der Waals surface area contributed by atoms with Crippen molar-refractivity contribution in [1.82, 2.24) is 14.8 Å². The smallest absolute Gasteiger partial charge is 0.308 e. The van der Waals surface area contributed by atoms with E-state index in [0.29, 0.717) is 35.8 Å². The molecule has 0 aliphatic heterocycles. The molecule has 0 saturated carbocycles. The van der Waals surface area contributed by atoms with Gasteiger partial charge in [0, 0.05) is 17.0 Å². The summed E-state index contributed by atoms with van der Waals surface area (Å²) >= 11 is 2.24. The highest BCUT2D eigenvalue weighted by atomic mass is 127. The number of anilines is 2. The highest BCUT2D eigenvalue weighted by molar-refractivity contribution is 14.1. The van der Waals surface area contributed by atoms with Gasteiger partial charge in [0.15, 0.2) is 0 Å². The fourth-order valence-electron chi connectivity index (χ4n) is 2.99. The molecule has 3 aromatic rings. The van der Waals surface area contributed by atoms with E-state index in [0.717, 1.165) is 14.7 Å². The van der Waals surface area contributed by atoms with Gasteiger partial charge in [0.05, 0.1) is 24.0 Å². The molecular weight excluding hydrogens is 519 g/mol. The Morgan fingerprint density at radius 2 is 2.12 bits per heavy atom. The number of hydrogen-bond acceptors (Lipinski definition) is 5. The molecule has 7 nitrogen and oxygen atoms in total. The average molecular weight is 542 g/mol. The summed E-state index contributed by atoms with van der Waals surface area (Å²) < 4.78 is 14.0. The number of aryl methyl sites for hydroxylation is 2. The number of carbonyl (C=O) groups excluding carboxylic acids is 1. The molecular formula is C24H23IN4O3. The standard InChI is InChI=1S/C24H23IN4O3/c1-5-7-8-24(30)29(23-10-9-20-19(27-23)16-26-28(20)4)21-14-17(3)18(25)15-22(21)32-13-12-31-11-6-2/h2,9-10,14-16H,5,11-13H2,1,3-4H3. The van der Waals surface area contributed by atoms with Crippen LogP contribution in [-0.4, -0.2) is 40.5 Å². The topological polar surface area (TPSA) is 69.5 Å². The van der Waals surface area contributed by atoms with E-state index in [9.17, 15) is 4.79 Å². The van der Waals surface area contributed by atoms with Crippen LogP contribution in [0, 0.1) is 34.7 Å². The number of amides is 1. The van der Waals surface area contributed by atoms with Gasteiger partial charge in [-0.2, -0.15) is 5.10 Å². The van der Waals surface area contributed by atoms with E-state index in [4.69, 9.17) is 15.9 Å². The predicted molar refractivity (Wildman–Crippen MR) is 133 cm³/mol. The van der Waals surface area contributed by atoms with Crippen LogP contribution in [0.25, 0.3) is 11.0 Å². The summed E-state index contributed by atoms with van der Waals surface area (Å²) in [6.45, 7) is 4.70. The minimum Gasteiger partial charge on any atom is -0.489 e. The Labute approximate surface area is 201 Å². The molecule has 1 aromatic carbocycles. The van der Waals surface area contributed by atoms with Gasteiger partial charge in [-0.05, 0) is 65.3 Å².